The third kappa shape index (κ3) is 4.24. The molecule has 0 N–H and O–H groups in total. The molecule has 6 nitrogen and oxygen atoms in total. The second-order valence-corrected chi connectivity index (χ2v) is 7.71. The maximum absolute atomic E-state index is 12.5. The molecule has 0 aliphatic carbocycles. The van der Waals surface area contributed by atoms with E-state index in [1.807, 2.05) is 30.0 Å². The molecule has 136 valence electrons. The highest BCUT2D eigenvalue weighted by Gasteiger charge is 2.28. The summed E-state index contributed by atoms with van der Waals surface area (Å²) in [6.45, 7) is 9.71. The van der Waals surface area contributed by atoms with E-state index in [0.717, 1.165) is 22.8 Å². The van der Waals surface area contributed by atoms with Gasteiger partial charge in [0.05, 0.1) is 12.3 Å². The quantitative estimate of drug-likeness (QED) is 0.821. The summed E-state index contributed by atoms with van der Waals surface area (Å²) in [6, 6.07) is 5.77. The van der Waals surface area contributed by atoms with E-state index in [1.165, 1.54) is 0 Å². The van der Waals surface area contributed by atoms with Gasteiger partial charge in [-0.1, -0.05) is 25.9 Å². The van der Waals surface area contributed by atoms with Gasteiger partial charge >= 0.3 is 0 Å². The Kier molecular flexibility index (Phi) is 4.88. The molecule has 2 heterocycles. The van der Waals surface area contributed by atoms with E-state index >= 15 is 0 Å². The van der Waals surface area contributed by atoms with Crippen molar-refractivity contribution in [2.24, 2.45) is 10.6 Å². The van der Waals surface area contributed by atoms with Gasteiger partial charge in [-0.25, -0.2) is 0 Å². The molecule has 0 aromatic heterocycles. The van der Waals surface area contributed by atoms with Crippen molar-refractivity contribution in [3.05, 3.63) is 23.8 Å². The summed E-state index contributed by atoms with van der Waals surface area (Å²) < 4.78 is 10.7. The van der Waals surface area contributed by atoms with Crippen molar-refractivity contribution in [3.8, 4) is 11.5 Å². The molecule has 0 radical (unpaired) electrons. The Balaban J connectivity index is 1.59. The fourth-order valence-electron chi connectivity index (χ4n) is 2.99. The second-order valence-electron chi connectivity index (χ2n) is 7.71. The standard InChI is InChI=1S/C19H26N2O4/c1-5-21(18(22)10-19(2,3)4)11-14-9-15(20-25-14)13-6-7-16-17(8-13)24-12-23-16/h6-8,14H,5,9-12H2,1-4H3. The topological polar surface area (TPSA) is 60.4 Å². The molecule has 1 unspecified atom stereocenters. The summed E-state index contributed by atoms with van der Waals surface area (Å²) in [5.41, 5.74) is 1.83. The number of hydrogen-bond acceptors (Lipinski definition) is 5. The van der Waals surface area contributed by atoms with Gasteiger partial charge < -0.3 is 19.2 Å². The number of carbonyl (C=O) groups excluding carboxylic acids is 1. The molecular formula is C19H26N2O4. The molecular weight excluding hydrogens is 320 g/mol. The maximum Gasteiger partial charge on any atom is 0.231 e. The molecule has 0 fully saturated rings. The van der Waals surface area contributed by atoms with Crippen LogP contribution in [0, 0.1) is 5.41 Å². The number of hydrogen-bond donors (Lipinski definition) is 0. The highest BCUT2D eigenvalue weighted by molar-refractivity contribution is 6.01. The summed E-state index contributed by atoms with van der Waals surface area (Å²) in [4.78, 5) is 19.9. The van der Waals surface area contributed by atoms with Gasteiger partial charge in [-0.3, -0.25) is 4.79 Å². The van der Waals surface area contributed by atoms with Gasteiger partial charge in [-0.15, -0.1) is 0 Å². The minimum atomic E-state index is -0.107. The molecule has 0 saturated heterocycles. The van der Waals surface area contributed by atoms with Crippen LogP contribution >= 0.6 is 0 Å². The first-order valence-corrected chi connectivity index (χ1v) is 8.76. The average Bonchev–Trinajstić information content (AvgIpc) is 3.19. The molecule has 3 rings (SSSR count). The Morgan fingerprint density at radius 1 is 1.28 bits per heavy atom. The van der Waals surface area contributed by atoms with Crippen LogP contribution in [-0.4, -0.2) is 42.5 Å². The molecule has 1 aromatic rings. The largest absolute Gasteiger partial charge is 0.454 e. The zero-order valence-corrected chi connectivity index (χ0v) is 15.4. The van der Waals surface area contributed by atoms with E-state index in [-0.39, 0.29) is 24.2 Å². The van der Waals surface area contributed by atoms with Crippen molar-refractivity contribution in [3.63, 3.8) is 0 Å². The van der Waals surface area contributed by atoms with Crippen LogP contribution in [0.25, 0.3) is 0 Å². The predicted octanol–water partition coefficient (Wildman–Crippen LogP) is 3.19. The number of oxime groups is 1. The van der Waals surface area contributed by atoms with Crippen LogP contribution in [0.15, 0.2) is 23.4 Å². The summed E-state index contributed by atoms with van der Waals surface area (Å²) in [6.07, 6.45) is 1.10. The molecule has 2 aliphatic heterocycles. The summed E-state index contributed by atoms with van der Waals surface area (Å²) in [5.74, 6) is 1.65. The van der Waals surface area contributed by atoms with Crippen LogP contribution in [0.4, 0.5) is 0 Å². The number of ether oxygens (including phenoxy) is 2. The van der Waals surface area contributed by atoms with Crippen molar-refractivity contribution in [1.82, 2.24) is 4.90 Å². The van der Waals surface area contributed by atoms with E-state index in [1.54, 1.807) is 0 Å². The Morgan fingerprint density at radius 2 is 2.04 bits per heavy atom. The Hall–Kier alpha value is -2.24. The molecule has 0 spiro atoms. The fourth-order valence-corrected chi connectivity index (χ4v) is 2.99. The van der Waals surface area contributed by atoms with Crippen molar-refractivity contribution < 1.29 is 19.1 Å². The maximum atomic E-state index is 12.5. The van der Waals surface area contributed by atoms with Crippen LogP contribution < -0.4 is 9.47 Å². The van der Waals surface area contributed by atoms with E-state index in [2.05, 4.69) is 25.9 Å². The second kappa shape index (κ2) is 6.94. The van der Waals surface area contributed by atoms with Crippen molar-refractivity contribution in [2.45, 2.75) is 46.6 Å². The first kappa shape index (κ1) is 17.6. The number of likely N-dealkylation sites (N-methyl/N-ethyl adjacent to an activating group) is 1. The lowest BCUT2D eigenvalue weighted by Gasteiger charge is -2.27. The highest BCUT2D eigenvalue weighted by atomic mass is 16.7. The fraction of sp³-hybridized carbons (Fsp3) is 0.579. The molecule has 0 saturated carbocycles. The lowest BCUT2D eigenvalue weighted by molar-refractivity contribution is -0.134. The molecule has 1 aromatic carbocycles. The summed E-state index contributed by atoms with van der Waals surface area (Å²) in [5, 5.41) is 4.22. The SMILES string of the molecule is CCN(CC1CC(c2ccc3c(c2)OCO3)=NO1)C(=O)CC(C)(C)C. The minimum Gasteiger partial charge on any atom is -0.454 e. The van der Waals surface area contributed by atoms with E-state index in [0.29, 0.717) is 25.9 Å². The minimum absolute atomic E-state index is 0.0187. The first-order chi connectivity index (χ1) is 11.9. The van der Waals surface area contributed by atoms with Gasteiger partial charge in [0.2, 0.25) is 12.7 Å². The van der Waals surface area contributed by atoms with Crippen molar-refractivity contribution >= 4 is 11.6 Å². The van der Waals surface area contributed by atoms with Gasteiger partial charge in [0.1, 0.15) is 0 Å². The lowest BCUT2D eigenvalue weighted by atomic mass is 9.91. The number of amides is 1. The highest BCUT2D eigenvalue weighted by Crippen LogP contribution is 2.33. The predicted molar refractivity (Wildman–Crippen MR) is 94.9 cm³/mol. The molecule has 1 atom stereocenters. The van der Waals surface area contributed by atoms with Crippen LogP contribution in [0.5, 0.6) is 11.5 Å². The van der Waals surface area contributed by atoms with E-state index in [4.69, 9.17) is 14.3 Å². The number of rotatable bonds is 5. The van der Waals surface area contributed by atoms with Gasteiger partial charge in [0.15, 0.2) is 17.6 Å². The van der Waals surface area contributed by atoms with Crippen LogP contribution in [0.3, 0.4) is 0 Å². The third-order valence-corrected chi connectivity index (χ3v) is 4.28. The number of fused-ring (bicyclic) bond motifs is 1. The molecule has 6 heteroatoms. The molecule has 1 amide bonds. The monoisotopic (exact) mass is 346 g/mol. The van der Waals surface area contributed by atoms with E-state index < -0.39 is 0 Å². The number of benzene rings is 1. The zero-order chi connectivity index (χ0) is 18.0. The Morgan fingerprint density at radius 3 is 2.76 bits per heavy atom. The van der Waals surface area contributed by atoms with Gasteiger partial charge in [0.25, 0.3) is 0 Å². The third-order valence-electron chi connectivity index (χ3n) is 4.28. The zero-order valence-electron chi connectivity index (χ0n) is 15.4. The van der Waals surface area contributed by atoms with Gasteiger partial charge in [-0.2, -0.15) is 0 Å². The van der Waals surface area contributed by atoms with Crippen LogP contribution in [0.1, 0.15) is 46.1 Å². The van der Waals surface area contributed by atoms with Gasteiger partial charge in [0, 0.05) is 24.9 Å². The molecule has 2 aliphatic rings. The smallest absolute Gasteiger partial charge is 0.231 e. The normalized spacial score (nSPS) is 18.7. The Bertz CT molecular complexity index is 678. The summed E-state index contributed by atoms with van der Waals surface area (Å²) in [7, 11) is 0. The number of carbonyl (C=O) groups is 1. The van der Waals surface area contributed by atoms with Gasteiger partial charge in [-0.05, 0) is 30.5 Å². The number of nitrogens with zero attached hydrogens (tertiary/aromatic N) is 2. The van der Waals surface area contributed by atoms with Crippen molar-refractivity contribution in [1.29, 1.82) is 0 Å². The Labute approximate surface area is 148 Å². The molecule has 0 bridgehead atoms. The van der Waals surface area contributed by atoms with Crippen molar-refractivity contribution in [2.75, 3.05) is 19.9 Å². The lowest BCUT2D eigenvalue weighted by Crippen LogP contribution is -2.39. The summed E-state index contributed by atoms with van der Waals surface area (Å²) >= 11 is 0. The van der Waals surface area contributed by atoms with E-state index in [9.17, 15) is 4.79 Å². The average molecular weight is 346 g/mol. The van der Waals surface area contributed by atoms with Crippen LogP contribution in [0.2, 0.25) is 0 Å². The van der Waals surface area contributed by atoms with Crippen LogP contribution in [-0.2, 0) is 9.63 Å². The first-order valence-electron chi connectivity index (χ1n) is 8.76. The molecule has 25 heavy (non-hydrogen) atoms.